The van der Waals surface area contributed by atoms with Crippen molar-refractivity contribution in [3.63, 3.8) is 0 Å². The van der Waals surface area contributed by atoms with E-state index < -0.39 is 5.92 Å². The molecule has 0 heterocycles. The van der Waals surface area contributed by atoms with Crippen molar-refractivity contribution in [1.29, 1.82) is 0 Å². The lowest BCUT2D eigenvalue weighted by Crippen LogP contribution is -2.12. The molecule has 0 aliphatic carbocycles. The summed E-state index contributed by atoms with van der Waals surface area (Å²) in [4.78, 5) is 0. The largest absolute Gasteiger partial charge is 0.273 e. The van der Waals surface area contributed by atoms with Gasteiger partial charge in [0.05, 0.1) is 0 Å². The van der Waals surface area contributed by atoms with Gasteiger partial charge >= 0.3 is 0 Å². The van der Waals surface area contributed by atoms with Crippen LogP contribution in [0.4, 0.5) is 8.78 Å². The lowest BCUT2D eigenvalue weighted by molar-refractivity contribution is -0.0158. The molecule has 0 amide bonds. The molecule has 0 aliphatic heterocycles. The van der Waals surface area contributed by atoms with E-state index in [2.05, 4.69) is 6.92 Å². The zero-order valence-electron chi connectivity index (χ0n) is 11.3. The first-order chi connectivity index (χ1) is 8.67. The van der Waals surface area contributed by atoms with Gasteiger partial charge in [-0.15, -0.1) is 0 Å². The highest BCUT2D eigenvalue weighted by Crippen LogP contribution is 2.33. The van der Waals surface area contributed by atoms with E-state index in [1.165, 1.54) is 37.8 Å². The number of unbranched alkanes of at least 4 members (excludes halogenated alkanes) is 6. The molecule has 0 radical (unpaired) electrons. The maximum atomic E-state index is 13.8. The predicted molar refractivity (Wildman–Crippen MR) is 72.9 cm³/mol. The van der Waals surface area contributed by atoms with Crippen molar-refractivity contribution in [2.45, 2.75) is 64.2 Å². The van der Waals surface area contributed by atoms with E-state index in [1.54, 1.807) is 18.2 Å². The molecule has 0 N–H and O–H groups in total. The molecule has 0 spiro atoms. The number of hydrogen-bond acceptors (Lipinski definition) is 0. The Morgan fingerprint density at radius 1 is 0.833 bits per heavy atom. The van der Waals surface area contributed by atoms with E-state index in [1.807, 2.05) is 0 Å². The number of rotatable bonds is 9. The minimum absolute atomic E-state index is 0.0230. The average molecular weight is 254 g/mol. The monoisotopic (exact) mass is 254 g/mol. The lowest BCUT2D eigenvalue weighted by Gasteiger charge is -2.16. The minimum atomic E-state index is -2.66. The van der Waals surface area contributed by atoms with Gasteiger partial charge in [0.1, 0.15) is 0 Å². The van der Waals surface area contributed by atoms with E-state index in [4.69, 9.17) is 0 Å². The molecule has 0 aromatic heterocycles. The van der Waals surface area contributed by atoms with E-state index in [0.717, 1.165) is 12.8 Å². The molecule has 0 unspecified atom stereocenters. The minimum Gasteiger partial charge on any atom is -0.201 e. The predicted octanol–water partition coefficient (Wildman–Crippen LogP) is 5.92. The first-order valence-electron chi connectivity index (χ1n) is 7.10. The third kappa shape index (κ3) is 5.61. The van der Waals surface area contributed by atoms with Crippen LogP contribution in [0, 0.1) is 0 Å². The van der Waals surface area contributed by atoms with Crippen LogP contribution in [-0.2, 0) is 5.92 Å². The zero-order chi connectivity index (χ0) is 13.3. The van der Waals surface area contributed by atoms with Gasteiger partial charge in [0.2, 0.25) is 0 Å². The second kappa shape index (κ2) is 8.23. The maximum absolute atomic E-state index is 13.8. The summed E-state index contributed by atoms with van der Waals surface area (Å²) in [5.41, 5.74) is 0.149. The third-order valence-electron chi connectivity index (χ3n) is 3.29. The Balaban J connectivity index is 2.18. The molecule has 102 valence electrons. The fourth-order valence-electron chi connectivity index (χ4n) is 2.13. The van der Waals surface area contributed by atoms with Crippen LogP contribution in [0.25, 0.3) is 0 Å². The molecule has 0 aliphatic rings. The molecule has 0 bridgehead atoms. The number of alkyl halides is 2. The molecule has 0 nitrogen and oxygen atoms in total. The molecule has 0 atom stereocenters. The van der Waals surface area contributed by atoms with Gasteiger partial charge in [0, 0.05) is 12.0 Å². The summed E-state index contributed by atoms with van der Waals surface area (Å²) in [6.45, 7) is 2.18. The highest BCUT2D eigenvalue weighted by atomic mass is 19.3. The molecular weight excluding hydrogens is 230 g/mol. The molecule has 1 rings (SSSR count). The molecule has 1 aromatic carbocycles. The van der Waals surface area contributed by atoms with Gasteiger partial charge in [0.25, 0.3) is 5.92 Å². The second-order valence-electron chi connectivity index (χ2n) is 4.94. The second-order valence-corrected chi connectivity index (χ2v) is 4.94. The standard InChI is InChI=1S/C16H24F2/c1-2-3-4-5-6-7-11-14-16(17,18)15-12-9-8-10-13-15/h8-10,12-13H,2-7,11,14H2,1H3. The van der Waals surface area contributed by atoms with Crippen LogP contribution in [0.2, 0.25) is 0 Å². The normalized spacial score (nSPS) is 11.7. The van der Waals surface area contributed by atoms with E-state index >= 15 is 0 Å². The lowest BCUT2D eigenvalue weighted by atomic mass is 10.0. The van der Waals surface area contributed by atoms with Crippen molar-refractivity contribution in [2.75, 3.05) is 0 Å². The average Bonchev–Trinajstić information content (AvgIpc) is 2.39. The van der Waals surface area contributed by atoms with Crippen LogP contribution in [0.5, 0.6) is 0 Å². The van der Waals surface area contributed by atoms with Crippen LogP contribution >= 0.6 is 0 Å². The van der Waals surface area contributed by atoms with Crippen molar-refractivity contribution in [3.05, 3.63) is 35.9 Å². The van der Waals surface area contributed by atoms with E-state index in [9.17, 15) is 8.78 Å². The van der Waals surface area contributed by atoms with Crippen LogP contribution in [0.1, 0.15) is 63.9 Å². The van der Waals surface area contributed by atoms with Crippen LogP contribution in [0.3, 0.4) is 0 Å². The summed E-state index contributed by atoms with van der Waals surface area (Å²) < 4.78 is 27.6. The summed E-state index contributed by atoms with van der Waals surface area (Å²) in [5.74, 6) is -2.66. The summed E-state index contributed by atoms with van der Waals surface area (Å²) in [5, 5.41) is 0. The molecule has 0 fully saturated rings. The van der Waals surface area contributed by atoms with Gasteiger partial charge in [-0.25, -0.2) is 8.78 Å². The van der Waals surface area contributed by atoms with Crippen LogP contribution in [0.15, 0.2) is 30.3 Å². The Kier molecular flexibility index (Phi) is 6.92. The van der Waals surface area contributed by atoms with Gasteiger partial charge in [-0.05, 0) is 6.42 Å². The summed E-state index contributed by atoms with van der Waals surface area (Å²) in [6.07, 6.45) is 7.53. The van der Waals surface area contributed by atoms with Gasteiger partial charge in [0.15, 0.2) is 0 Å². The zero-order valence-corrected chi connectivity index (χ0v) is 11.3. The van der Waals surface area contributed by atoms with Crippen LogP contribution in [-0.4, -0.2) is 0 Å². The Bertz CT molecular complexity index is 306. The van der Waals surface area contributed by atoms with Gasteiger partial charge in [-0.3, -0.25) is 0 Å². The maximum Gasteiger partial charge on any atom is 0.273 e. The molecule has 18 heavy (non-hydrogen) atoms. The topological polar surface area (TPSA) is 0 Å². The quantitative estimate of drug-likeness (QED) is 0.480. The number of halogens is 2. The highest BCUT2D eigenvalue weighted by Gasteiger charge is 2.29. The summed E-state index contributed by atoms with van der Waals surface area (Å²) in [7, 11) is 0. The summed E-state index contributed by atoms with van der Waals surface area (Å²) in [6, 6.07) is 8.15. The fraction of sp³-hybridized carbons (Fsp3) is 0.625. The number of benzene rings is 1. The first-order valence-corrected chi connectivity index (χ1v) is 7.10. The van der Waals surface area contributed by atoms with Crippen LogP contribution < -0.4 is 0 Å². The van der Waals surface area contributed by atoms with Crippen molar-refractivity contribution in [3.8, 4) is 0 Å². The first kappa shape index (κ1) is 15.1. The van der Waals surface area contributed by atoms with E-state index in [0.29, 0.717) is 6.42 Å². The molecule has 0 saturated carbocycles. The SMILES string of the molecule is CCCCCCCCCC(F)(F)c1ccccc1. The Morgan fingerprint density at radius 3 is 2.00 bits per heavy atom. The van der Waals surface area contributed by atoms with Crippen molar-refractivity contribution >= 4 is 0 Å². The third-order valence-corrected chi connectivity index (χ3v) is 3.29. The molecular formula is C16H24F2. The van der Waals surface area contributed by atoms with E-state index in [-0.39, 0.29) is 12.0 Å². The number of hydrogen-bond donors (Lipinski definition) is 0. The van der Waals surface area contributed by atoms with Crippen molar-refractivity contribution < 1.29 is 8.78 Å². The molecule has 2 heteroatoms. The summed E-state index contributed by atoms with van der Waals surface area (Å²) >= 11 is 0. The van der Waals surface area contributed by atoms with Crippen molar-refractivity contribution in [2.24, 2.45) is 0 Å². The molecule has 0 saturated heterocycles. The molecule has 1 aromatic rings. The Morgan fingerprint density at radius 2 is 1.39 bits per heavy atom. The van der Waals surface area contributed by atoms with Gasteiger partial charge in [-0.1, -0.05) is 75.8 Å². The van der Waals surface area contributed by atoms with Gasteiger partial charge in [-0.2, -0.15) is 0 Å². The van der Waals surface area contributed by atoms with Gasteiger partial charge < -0.3 is 0 Å². The Hall–Kier alpha value is -0.920. The fourth-order valence-corrected chi connectivity index (χ4v) is 2.13. The highest BCUT2D eigenvalue weighted by molar-refractivity contribution is 5.19. The Labute approximate surface area is 109 Å². The smallest absolute Gasteiger partial charge is 0.201 e. The van der Waals surface area contributed by atoms with Crippen molar-refractivity contribution in [1.82, 2.24) is 0 Å².